The van der Waals surface area contributed by atoms with Gasteiger partial charge in [-0.05, 0) is 133 Å². The molecule has 0 amide bonds. The molecule has 12 fully saturated rings. The Balaban J connectivity index is 0.000000135. The minimum atomic E-state index is -0.974. The van der Waals surface area contributed by atoms with Crippen molar-refractivity contribution in [3.8, 4) is 6.07 Å². The van der Waals surface area contributed by atoms with E-state index in [1.807, 2.05) is 76.2 Å². The minimum Gasteiger partial charge on any atom is -0.465 e. The van der Waals surface area contributed by atoms with Gasteiger partial charge in [-0.25, -0.2) is 4.79 Å². The lowest BCUT2D eigenvalue weighted by molar-refractivity contribution is -0.185. The van der Waals surface area contributed by atoms with Gasteiger partial charge in [0.05, 0.1) is 51.9 Å². The summed E-state index contributed by atoms with van der Waals surface area (Å²) in [5.41, 5.74) is -4.03. The zero-order valence-electron chi connectivity index (χ0n) is 50.8. The number of ether oxygens (including phenoxy) is 11. The van der Waals surface area contributed by atoms with Crippen LogP contribution in [0.4, 0.5) is 0 Å². The van der Waals surface area contributed by atoms with E-state index in [0.717, 1.165) is 32.1 Å². The van der Waals surface area contributed by atoms with Crippen LogP contribution in [-0.2, 0) is 100 Å². The van der Waals surface area contributed by atoms with E-state index in [1.165, 1.54) is 0 Å². The summed E-state index contributed by atoms with van der Waals surface area (Å²) in [5.74, 6) is -2.49. The quantitative estimate of drug-likeness (QED) is 0.110. The van der Waals surface area contributed by atoms with E-state index >= 15 is 0 Å². The van der Waals surface area contributed by atoms with Crippen LogP contribution in [0.5, 0.6) is 0 Å². The Morgan fingerprint density at radius 2 is 1.04 bits per heavy atom. The van der Waals surface area contributed by atoms with Crippen molar-refractivity contribution >= 4 is 59.7 Å². The molecule has 12 rings (SSSR count). The zero-order chi connectivity index (χ0) is 61.6. The largest absolute Gasteiger partial charge is 0.465 e. The number of nitriles is 1. The van der Waals surface area contributed by atoms with Crippen molar-refractivity contribution in [1.29, 1.82) is 5.26 Å². The lowest BCUT2D eigenvalue weighted by Crippen LogP contribution is -2.52. The molecule has 6 aliphatic heterocycles. The fraction of sp³-hybridized carbons (Fsp3) is 0.823. The van der Waals surface area contributed by atoms with Crippen molar-refractivity contribution in [1.82, 2.24) is 0 Å². The maximum Gasteiger partial charge on any atom is 0.344 e. The van der Waals surface area contributed by atoms with E-state index in [-0.39, 0.29) is 151 Å². The predicted molar refractivity (Wildman–Crippen MR) is 287 cm³/mol. The molecule has 20 unspecified atom stereocenters. The number of carbonyl (C=O) groups is 10. The van der Waals surface area contributed by atoms with Crippen molar-refractivity contribution in [2.45, 2.75) is 228 Å². The molecule has 0 radical (unpaired) electrons. The number of hydrogen-bond donors (Lipinski definition) is 0. The second-order valence-corrected chi connectivity index (χ2v) is 28.1. The van der Waals surface area contributed by atoms with Gasteiger partial charge in [0.15, 0.2) is 23.7 Å². The molecule has 6 aliphatic carbocycles. The molecule has 6 saturated carbocycles. The highest BCUT2D eigenvalue weighted by molar-refractivity contribution is 5.85. The highest BCUT2D eigenvalue weighted by Crippen LogP contribution is 2.63. The predicted octanol–water partition coefficient (Wildman–Crippen LogP) is 6.55. The molecule has 6 heterocycles. The average molecular weight is 1180 g/mol. The van der Waals surface area contributed by atoms with Crippen LogP contribution in [0.2, 0.25) is 0 Å². The number of rotatable bonds is 17. The normalized spacial score (nSPS) is 38.4. The summed E-state index contributed by atoms with van der Waals surface area (Å²) in [6.07, 6.45) is 4.85. The Morgan fingerprint density at radius 1 is 0.548 bits per heavy atom. The molecule has 0 aromatic heterocycles. The molecule has 0 N–H and O–H groups in total. The van der Waals surface area contributed by atoms with Crippen LogP contribution in [0, 0.1) is 91.7 Å². The lowest BCUT2D eigenvalue weighted by Gasteiger charge is -2.36. The number of esters is 10. The number of fused-ring (bicyclic) bond motifs is 4. The maximum atomic E-state index is 12.3. The number of carbonyl (C=O) groups excluding carboxylic acids is 10. The molecule has 12 aliphatic rings. The van der Waals surface area contributed by atoms with E-state index in [9.17, 15) is 53.2 Å². The molecule has 20 atom stereocenters. The zero-order valence-corrected chi connectivity index (χ0v) is 50.8. The van der Waals surface area contributed by atoms with Gasteiger partial charge in [0.1, 0.15) is 55.4 Å². The summed E-state index contributed by atoms with van der Waals surface area (Å²) < 4.78 is 59.6. The third kappa shape index (κ3) is 11.0. The minimum absolute atomic E-state index is 0.00636. The molecule has 8 bridgehead atoms. The van der Waals surface area contributed by atoms with Crippen molar-refractivity contribution in [2.75, 3.05) is 13.2 Å². The Kier molecular flexibility index (Phi) is 17.0. The van der Waals surface area contributed by atoms with Gasteiger partial charge in [-0.3, -0.25) is 43.2 Å². The Bertz CT molecular complexity index is 2720. The van der Waals surface area contributed by atoms with E-state index in [2.05, 4.69) is 6.07 Å². The van der Waals surface area contributed by atoms with Crippen LogP contribution in [0.3, 0.4) is 0 Å². The SMILES string of the molecule is CCC(C)(C)C(=O)OC1(C)C2CC3C(=O)OC1C3O2.CCC(C)(C)C(=O)OC1C2CC3C1OC(=O)C3(C#N)C2.CCC(C)(C)C(=O)OCC(=O)OC1C2CC3C(=O)OC1C3C2.CCC(C)(C)C(=O)OCCC(=O)OC1C2CC3C(=O)OC1C3C2. The van der Waals surface area contributed by atoms with Crippen LogP contribution in [0.15, 0.2) is 0 Å². The molecule has 0 spiro atoms. The summed E-state index contributed by atoms with van der Waals surface area (Å²) in [6.45, 7) is 23.7. The van der Waals surface area contributed by atoms with Gasteiger partial charge in [0, 0.05) is 35.5 Å². The van der Waals surface area contributed by atoms with Crippen LogP contribution >= 0.6 is 0 Å². The third-order valence-electron chi connectivity index (χ3n) is 21.5. The molecule has 22 heteroatoms. The fourth-order valence-corrected chi connectivity index (χ4v) is 14.4. The third-order valence-corrected chi connectivity index (χ3v) is 21.5. The molecule has 0 aromatic carbocycles. The molecule has 6 saturated heterocycles. The second kappa shape index (κ2) is 22.8. The molecule has 464 valence electrons. The first-order chi connectivity index (χ1) is 39.3. The summed E-state index contributed by atoms with van der Waals surface area (Å²) in [7, 11) is 0. The highest BCUT2D eigenvalue weighted by atomic mass is 16.7. The Labute approximate surface area is 490 Å². The highest BCUT2D eigenvalue weighted by Gasteiger charge is 2.73. The van der Waals surface area contributed by atoms with Crippen LogP contribution in [0.1, 0.15) is 167 Å². The molecular formula is C62H85NO21. The summed E-state index contributed by atoms with van der Waals surface area (Å²) in [6, 6.07) is 2.15. The smallest absolute Gasteiger partial charge is 0.344 e. The average Bonchev–Trinajstić information content (AvgIpc) is 1.94. The van der Waals surface area contributed by atoms with Crippen LogP contribution in [-0.4, -0.2) is 133 Å². The molecule has 22 nitrogen and oxygen atoms in total. The van der Waals surface area contributed by atoms with Gasteiger partial charge in [-0.15, -0.1) is 0 Å². The number of nitrogens with zero attached hydrogens (tertiary/aromatic N) is 1. The monoisotopic (exact) mass is 1180 g/mol. The summed E-state index contributed by atoms with van der Waals surface area (Å²) in [5, 5.41) is 9.31. The fourth-order valence-electron chi connectivity index (χ4n) is 14.4. The van der Waals surface area contributed by atoms with Crippen molar-refractivity contribution in [2.24, 2.45) is 80.3 Å². The first-order valence-electron chi connectivity index (χ1n) is 30.4. The lowest BCUT2D eigenvalue weighted by atomic mass is 9.74. The van der Waals surface area contributed by atoms with E-state index < -0.39 is 68.8 Å². The summed E-state index contributed by atoms with van der Waals surface area (Å²) >= 11 is 0. The Morgan fingerprint density at radius 3 is 1.57 bits per heavy atom. The maximum absolute atomic E-state index is 12.3. The topological polar surface area (TPSA) is 296 Å². The first kappa shape index (κ1) is 62.7. The number of hydrogen-bond acceptors (Lipinski definition) is 22. The van der Waals surface area contributed by atoms with Gasteiger partial charge in [0.25, 0.3) is 0 Å². The molecule has 0 aromatic rings. The van der Waals surface area contributed by atoms with Crippen LogP contribution < -0.4 is 0 Å². The van der Waals surface area contributed by atoms with Gasteiger partial charge in [-0.2, -0.15) is 5.26 Å². The van der Waals surface area contributed by atoms with Gasteiger partial charge < -0.3 is 52.1 Å². The Hall–Kier alpha value is -5.85. The van der Waals surface area contributed by atoms with Gasteiger partial charge >= 0.3 is 59.7 Å². The second-order valence-electron chi connectivity index (χ2n) is 28.1. The van der Waals surface area contributed by atoms with Crippen molar-refractivity contribution < 1.29 is 100 Å². The van der Waals surface area contributed by atoms with Gasteiger partial charge in [0.2, 0.25) is 0 Å². The van der Waals surface area contributed by atoms with E-state index in [1.54, 1.807) is 13.8 Å². The van der Waals surface area contributed by atoms with Crippen molar-refractivity contribution in [3.05, 3.63) is 0 Å². The summed E-state index contributed by atoms with van der Waals surface area (Å²) in [4.78, 5) is 119. The first-order valence-corrected chi connectivity index (χ1v) is 30.4. The van der Waals surface area contributed by atoms with E-state index in [0.29, 0.717) is 38.5 Å². The van der Waals surface area contributed by atoms with E-state index in [4.69, 9.17) is 52.1 Å². The molecular weight excluding hydrogens is 1090 g/mol. The standard InChI is InChI=1S/C17H24O6.C16H22O6.C15H19NO4.C14H20O5/c1-4-17(2,3)16(20)21-6-5-12(18)22-13-9-7-10-11(8-9)15(19)23-14(10)13;1-4-16(2,3)15(19)20-7-11(17)21-12-8-5-9-10(6-8)14(18)22-13(9)12;1-4-14(2,3)12(17)19-10-8-5-9-11(10)20-13(18)15(9,6-8)7-16;1-5-13(2,3)12(16)19-14(4)8-6-7-9(17-8)10(14)18-11(7)15/h9-11,13-14H,4-8H2,1-3H3;8-10,12-13H,4-7H2,1-3H3;8-11H,4-6H2,1-3H3;7-10H,5-6H2,1-4H3. The molecule has 84 heavy (non-hydrogen) atoms. The van der Waals surface area contributed by atoms with Crippen LogP contribution in [0.25, 0.3) is 0 Å². The van der Waals surface area contributed by atoms with Gasteiger partial charge in [-0.1, -0.05) is 27.7 Å². The van der Waals surface area contributed by atoms with Crippen molar-refractivity contribution in [3.63, 3.8) is 0 Å².